The minimum Gasteiger partial charge on any atom is -0.505 e. The molecule has 1 amide bonds. The Labute approximate surface area is 118 Å². The number of nitrogens with one attached hydrogen (secondary N) is 1. The van der Waals surface area contributed by atoms with E-state index in [-0.39, 0.29) is 32.4 Å². The Morgan fingerprint density at radius 3 is 2.24 bits per heavy atom. The molecule has 0 fully saturated rings. The van der Waals surface area contributed by atoms with Crippen LogP contribution in [-0.2, 0) is 4.79 Å². The number of rotatable bonds is 3. The van der Waals surface area contributed by atoms with E-state index in [2.05, 4.69) is 21.2 Å². The first-order chi connectivity index (χ1) is 7.82. The topological polar surface area (TPSA) is 49.3 Å². The fraction of sp³-hybridized carbons (Fsp3) is 0.364. The average molecular weight is 341 g/mol. The summed E-state index contributed by atoms with van der Waals surface area (Å²) in [6, 6.07) is 2.89. The van der Waals surface area contributed by atoms with Gasteiger partial charge in [-0.3, -0.25) is 4.79 Å². The minimum atomic E-state index is -0.297. The summed E-state index contributed by atoms with van der Waals surface area (Å²) in [5.41, 5.74) is 0.452. The minimum absolute atomic E-state index is 0.100. The first kappa shape index (κ1) is 14.6. The van der Waals surface area contributed by atoms with Gasteiger partial charge < -0.3 is 10.4 Å². The Morgan fingerprint density at radius 1 is 1.35 bits per heavy atom. The summed E-state index contributed by atoms with van der Waals surface area (Å²) in [5, 5.41) is 12.2. The second kappa shape index (κ2) is 5.94. The van der Waals surface area contributed by atoms with Crippen LogP contribution < -0.4 is 5.32 Å². The number of anilines is 1. The molecule has 1 aromatic carbocycles. The van der Waals surface area contributed by atoms with Gasteiger partial charge in [0.05, 0.1) is 14.9 Å². The van der Waals surface area contributed by atoms with Gasteiger partial charge in [-0.1, -0.05) is 53.0 Å². The molecular formula is C11H12BrCl2NO2. The molecule has 1 rings (SSSR count). The molecule has 0 aliphatic heterocycles. The van der Waals surface area contributed by atoms with Crippen LogP contribution in [0.5, 0.6) is 5.75 Å². The molecule has 0 bridgehead atoms. The number of carbonyl (C=O) groups is 1. The zero-order chi connectivity index (χ0) is 13.2. The van der Waals surface area contributed by atoms with Crippen molar-refractivity contribution in [3.05, 3.63) is 22.2 Å². The van der Waals surface area contributed by atoms with E-state index in [1.54, 1.807) is 0 Å². The maximum atomic E-state index is 11.8. The Morgan fingerprint density at radius 2 is 1.82 bits per heavy atom. The highest BCUT2D eigenvalue weighted by atomic mass is 79.9. The number of phenols is 1. The van der Waals surface area contributed by atoms with Crippen molar-refractivity contribution >= 4 is 50.7 Å². The van der Waals surface area contributed by atoms with Gasteiger partial charge >= 0.3 is 0 Å². The smallest absolute Gasteiger partial charge is 0.238 e. The number of alkyl halides is 1. The third-order valence-corrected chi connectivity index (χ3v) is 4.17. The number of hydrogen-bond acceptors (Lipinski definition) is 2. The molecular weight excluding hydrogens is 329 g/mol. The summed E-state index contributed by atoms with van der Waals surface area (Å²) < 4.78 is 0. The van der Waals surface area contributed by atoms with Crippen LogP contribution in [-0.4, -0.2) is 15.8 Å². The Hall–Kier alpha value is -0.450. The van der Waals surface area contributed by atoms with E-state index in [1.165, 1.54) is 12.1 Å². The number of phenolic OH excluding ortho intramolecular Hbond substituents is 1. The van der Waals surface area contributed by atoms with Gasteiger partial charge in [-0.05, 0) is 18.1 Å². The first-order valence-corrected chi connectivity index (χ1v) is 6.63. The summed E-state index contributed by atoms with van der Waals surface area (Å²) in [7, 11) is 0. The van der Waals surface area contributed by atoms with Crippen molar-refractivity contribution in [2.24, 2.45) is 5.92 Å². The molecule has 0 aromatic heterocycles. The molecule has 0 spiro atoms. The zero-order valence-corrected chi connectivity index (χ0v) is 12.4. The lowest BCUT2D eigenvalue weighted by molar-refractivity contribution is -0.116. The third kappa shape index (κ3) is 3.76. The zero-order valence-electron chi connectivity index (χ0n) is 9.30. The monoisotopic (exact) mass is 339 g/mol. The van der Waals surface area contributed by atoms with Crippen LogP contribution in [0.2, 0.25) is 10.0 Å². The molecule has 0 saturated carbocycles. The highest BCUT2D eigenvalue weighted by Crippen LogP contribution is 2.34. The maximum absolute atomic E-state index is 11.8. The number of benzene rings is 1. The van der Waals surface area contributed by atoms with Crippen LogP contribution in [0.25, 0.3) is 0 Å². The molecule has 2 N–H and O–H groups in total. The fourth-order valence-electron chi connectivity index (χ4n) is 1.15. The molecule has 0 saturated heterocycles. The lowest BCUT2D eigenvalue weighted by Crippen LogP contribution is -2.26. The van der Waals surface area contributed by atoms with Gasteiger partial charge in [-0.2, -0.15) is 0 Å². The number of amides is 1. The lowest BCUT2D eigenvalue weighted by Gasteiger charge is -2.14. The van der Waals surface area contributed by atoms with E-state index >= 15 is 0 Å². The van der Waals surface area contributed by atoms with Crippen LogP contribution in [0, 0.1) is 5.92 Å². The van der Waals surface area contributed by atoms with Crippen LogP contribution >= 0.6 is 39.1 Å². The molecule has 3 nitrogen and oxygen atoms in total. The molecule has 0 radical (unpaired) electrons. The summed E-state index contributed by atoms with van der Waals surface area (Å²) >= 11 is 14.8. The van der Waals surface area contributed by atoms with Gasteiger partial charge in [0.2, 0.25) is 5.91 Å². The molecule has 6 heteroatoms. The molecule has 17 heavy (non-hydrogen) atoms. The van der Waals surface area contributed by atoms with Gasteiger partial charge in [0.15, 0.2) is 5.75 Å². The Bertz CT molecular complexity index is 414. The quantitative estimate of drug-likeness (QED) is 0.644. The van der Waals surface area contributed by atoms with Crippen molar-refractivity contribution in [3.8, 4) is 5.75 Å². The number of aromatic hydroxyl groups is 1. The van der Waals surface area contributed by atoms with Gasteiger partial charge in [-0.15, -0.1) is 0 Å². The van der Waals surface area contributed by atoms with Gasteiger partial charge in [0.1, 0.15) is 0 Å². The highest BCUT2D eigenvalue weighted by molar-refractivity contribution is 9.10. The Kier molecular flexibility index (Phi) is 5.10. The van der Waals surface area contributed by atoms with E-state index in [0.717, 1.165) is 0 Å². The first-order valence-electron chi connectivity index (χ1n) is 4.96. The molecule has 94 valence electrons. The van der Waals surface area contributed by atoms with E-state index in [0.29, 0.717) is 5.69 Å². The highest BCUT2D eigenvalue weighted by Gasteiger charge is 2.19. The fourth-order valence-corrected chi connectivity index (χ4v) is 1.75. The van der Waals surface area contributed by atoms with Crippen molar-refractivity contribution in [1.82, 2.24) is 0 Å². The lowest BCUT2D eigenvalue weighted by atomic mass is 10.1. The van der Waals surface area contributed by atoms with Crippen LogP contribution in [0.1, 0.15) is 13.8 Å². The van der Waals surface area contributed by atoms with Gasteiger partial charge in [0.25, 0.3) is 0 Å². The predicted octanol–water partition coefficient (Wildman–Crippen LogP) is 4.06. The molecule has 0 aliphatic rings. The predicted molar refractivity (Wildman–Crippen MR) is 74.3 cm³/mol. The third-order valence-electron chi connectivity index (χ3n) is 2.12. The number of hydrogen-bond donors (Lipinski definition) is 2. The van der Waals surface area contributed by atoms with Crippen molar-refractivity contribution in [2.75, 3.05) is 5.32 Å². The second-order valence-electron chi connectivity index (χ2n) is 3.92. The van der Waals surface area contributed by atoms with Crippen molar-refractivity contribution in [3.63, 3.8) is 0 Å². The average Bonchev–Trinajstić information content (AvgIpc) is 2.24. The summed E-state index contributed by atoms with van der Waals surface area (Å²) in [4.78, 5) is 11.5. The van der Waals surface area contributed by atoms with E-state index in [4.69, 9.17) is 23.2 Å². The van der Waals surface area contributed by atoms with Crippen LogP contribution in [0.15, 0.2) is 12.1 Å². The molecule has 1 unspecified atom stereocenters. The van der Waals surface area contributed by atoms with E-state index < -0.39 is 0 Å². The number of halogens is 3. The van der Waals surface area contributed by atoms with Gasteiger partial charge in [-0.25, -0.2) is 0 Å². The maximum Gasteiger partial charge on any atom is 0.238 e. The standard InChI is InChI=1S/C11H12BrCl2NO2/c1-5(2)9(12)11(17)15-6-3-7(13)10(16)8(14)4-6/h3-5,9,16H,1-2H3,(H,15,17). The summed E-state index contributed by atoms with van der Waals surface area (Å²) in [5.74, 6) is -0.207. The van der Waals surface area contributed by atoms with E-state index in [9.17, 15) is 9.90 Å². The second-order valence-corrected chi connectivity index (χ2v) is 5.72. The summed E-state index contributed by atoms with van der Waals surface area (Å²) in [6.07, 6.45) is 0. The van der Waals surface area contributed by atoms with Crippen molar-refractivity contribution < 1.29 is 9.90 Å². The van der Waals surface area contributed by atoms with Crippen LogP contribution in [0.4, 0.5) is 5.69 Å². The molecule has 1 atom stereocenters. The Balaban J connectivity index is 2.86. The number of carbonyl (C=O) groups excluding carboxylic acids is 1. The largest absolute Gasteiger partial charge is 0.505 e. The molecule has 1 aromatic rings. The molecule has 0 heterocycles. The molecule has 0 aliphatic carbocycles. The van der Waals surface area contributed by atoms with Crippen molar-refractivity contribution in [1.29, 1.82) is 0 Å². The summed E-state index contributed by atoms with van der Waals surface area (Å²) in [6.45, 7) is 3.85. The normalized spacial score (nSPS) is 12.6. The van der Waals surface area contributed by atoms with Crippen LogP contribution in [0.3, 0.4) is 0 Å². The SMILES string of the molecule is CC(C)C(Br)C(=O)Nc1cc(Cl)c(O)c(Cl)c1. The van der Waals surface area contributed by atoms with Gasteiger partial charge in [0, 0.05) is 5.69 Å². The van der Waals surface area contributed by atoms with E-state index in [1.807, 2.05) is 13.8 Å². The van der Waals surface area contributed by atoms with Crippen molar-refractivity contribution in [2.45, 2.75) is 18.7 Å².